The van der Waals surface area contributed by atoms with Crippen LogP contribution < -0.4 is 5.32 Å². The third kappa shape index (κ3) is 4.88. The standard InChI is InChI=1S/C22H32N2O2/c1-22(2,3)26-21(25)23-19-12-11-18(14-20(19)24(4)5)17-8-6-7-16(13-17)15-9-10-15/h6-8,11,13,15,19-20H,9-10,12,14H2,1-5H3,(H,23,25)/t19-,20-/m0/s1. The molecular formula is C22H32N2O2. The topological polar surface area (TPSA) is 41.6 Å². The molecule has 26 heavy (non-hydrogen) atoms. The highest BCUT2D eigenvalue weighted by Gasteiger charge is 2.31. The van der Waals surface area contributed by atoms with Gasteiger partial charge >= 0.3 is 6.09 Å². The molecule has 4 heteroatoms. The van der Waals surface area contributed by atoms with E-state index in [-0.39, 0.29) is 18.2 Å². The highest BCUT2D eigenvalue weighted by Crippen LogP contribution is 2.41. The van der Waals surface area contributed by atoms with Crippen LogP contribution in [0.3, 0.4) is 0 Å². The summed E-state index contributed by atoms with van der Waals surface area (Å²) in [7, 11) is 4.16. The van der Waals surface area contributed by atoms with E-state index in [1.54, 1.807) is 0 Å². The molecule has 0 unspecified atom stereocenters. The van der Waals surface area contributed by atoms with Crippen molar-refractivity contribution in [2.24, 2.45) is 0 Å². The van der Waals surface area contributed by atoms with E-state index < -0.39 is 5.60 Å². The first-order valence-electron chi connectivity index (χ1n) is 9.68. The van der Waals surface area contributed by atoms with Crippen LogP contribution in [-0.2, 0) is 4.74 Å². The predicted molar refractivity (Wildman–Crippen MR) is 106 cm³/mol. The number of benzene rings is 1. The molecule has 0 bridgehead atoms. The molecule has 1 fully saturated rings. The summed E-state index contributed by atoms with van der Waals surface area (Å²) in [6.07, 6.45) is 6.36. The normalized spacial score (nSPS) is 23.5. The average molecular weight is 357 g/mol. The maximum Gasteiger partial charge on any atom is 0.407 e. The van der Waals surface area contributed by atoms with E-state index in [1.807, 2.05) is 20.8 Å². The van der Waals surface area contributed by atoms with Gasteiger partial charge in [-0.3, -0.25) is 0 Å². The van der Waals surface area contributed by atoms with Gasteiger partial charge in [0.05, 0.1) is 6.04 Å². The van der Waals surface area contributed by atoms with Gasteiger partial charge in [-0.15, -0.1) is 0 Å². The Kier molecular flexibility index (Phi) is 5.42. The molecule has 1 saturated carbocycles. The number of carbonyl (C=O) groups is 1. The molecule has 1 aromatic carbocycles. The minimum atomic E-state index is -0.476. The second kappa shape index (κ2) is 7.43. The molecule has 142 valence electrons. The van der Waals surface area contributed by atoms with Crippen molar-refractivity contribution >= 4 is 11.7 Å². The maximum absolute atomic E-state index is 12.2. The Morgan fingerprint density at radius 2 is 1.96 bits per heavy atom. The van der Waals surface area contributed by atoms with Gasteiger partial charge in [-0.2, -0.15) is 0 Å². The molecule has 2 aliphatic carbocycles. The summed E-state index contributed by atoms with van der Waals surface area (Å²) < 4.78 is 5.44. The quantitative estimate of drug-likeness (QED) is 0.859. The minimum Gasteiger partial charge on any atom is -0.444 e. The molecule has 1 aromatic rings. The molecule has 3 rings (SSSR count). The van der Waals surface area contributed by atoms with Crippen molar-refractivity contribution in [2.75, 3.05) is 14.1 Å². The van der Waals surface area contributed by atoms with E-state index >= 15 is 0 Å². The molecule has 4 nitrogen and oxygen atoms in total. The van der Waals surface area contributed by atoms with Crippen molar-refractivity contribution in [3.8, 4) is 0 Å². The second-order valence-corrected chi connectivity index (χ2v) is 8.85. The first-order chi connectivity index (χ1) is 12.2. The maximum atomic E-state index is 12.2. The van der Waals surface area contributed by atoms with Gasteiger partial charge in [0.1, 0.15) is 5.60 Å². The van der Waals surface area contributed by atoms with Gasteiger partial charge in [-0.05, 0) is 83.2 Å². The van der Waals surface area contributed by atoms with E-state index in [4.69, 9.17) is 4.74 Å². The van der Waals surface area contributed by atoms with E-state index in [2.05, 4.69) is 54.7 Å². The van der Waals surface area contributed by atoms with Gasteiger partial charge in [0, 0.05) is 6.04 Å². The molecule has 0 aromatic heterocycles. The number of likely N-dealkylation sites (N-methyl/N-ethyl adjacent to an activating group) is 1. The van der Waals surface area contributed by atoms with Crippen LogP contribution in [0.25, 0.3) is 5.57 Å². The summed E-state index contributed by atoms with van der Waals surface area (Å²) in [5, 5.41) is 3.07. The fraction of sp³-hybridized carbons (Fsp3) is 0.591. The third-order valence-corrected chi connectivity index (χ3v) is 5.18. The Balaban J connectivity index is 1.72. The van der Waals surface area contributed by atoms with Crippen LogP contribution in [0.2, 0.25) is 0 Å². The van der Waals surface area contributed by atoms with E-state index in [0.717, 1.165) is 18.8 Å². The highest BCUT2D eigenvalue weighted by molar-refractivity contribution is 5.71. The molecule has 0 saturated heterocycles. The lowest BCUT2D eigenvalue weighted by atomic mass is 9.85. The third-order valence-electron chi connectivity index (χ3n) is 5.18. The van der Waals surface area contributed by atoms with Gasteiger partial charge in [0.2, 0.25) is 0 Å². The Bertz CT molecular complexity index is 684. The summed E-state index contributed by atoms with van der Waals surface area (Å²) in [6.45, 7) is 5.67. The predicted octanol–water partition coefficient (Wildman–Crippen LogP) is 4.56. The molecular weight excluding hydrogens is 324 g/mol. The molecule has 0 spiro atoms. The van der Waals surface area contributed by atoms with Gasteiger partial charge in [-0.1, -0.05) is 30.3 Å². The summed E-state index contributed by atoms with van der Waals surface area (Å²) in [4.78, 5) is 14.4. The largest absolute Gasteiger partial charge is 0.444 e. The minimum absolute atomic E-state index is 0.0650. The van der Waals surface area contributed by atoms with Crippen molar-refractivity contribution in [1.29, 1.82) is 0 Å². The van der Waals surface area contributed by atoms with Crippen LogP contribution in [0, 0.1) is 0 Å². The van der Waals surface area contributed by atoms with Crippen molar-refractivity contribution < 1.29 is 9.53 Å². The fourth-order valence-corrected chi connectivity index (χ4v) is 3.68. The number of amides is 1. The van der Waals surface area contributed by atoms with Crippen molar-refractivity contribution in [3.63, 3.8) is 0 Å². The highest BCUT2D eigenvalue weighted by atomic mass is 16.6. The number of hydrogen-bond acceptors (Lipinski definition) is 3. The monoisotopic (exact) mass is 356 g/mol. The van der Waals surface area contributed by atoms with Crippen LogP contribution in [0.4, 0.5) is 4.79 Å². The van der Waals surface area contributed by atoms with Crippen LogP contribution in [0.1, 0.15) is 63.5 Å². The lowest BCUT2D eigenvalue weighted by Gasteiger charge is -2.36. The zero-order valence-electron chi connectivity index (χ0n) is 16.7. The molecule has 0 radical (unpaired) electrons. The van der Waals surface area contributed by atoms with Crippen LogP contribution >= 0.6 is 0 Å². The van der Waals surface area contributed by atoms with Crippen LogP contribution in [0.15, 0.2) is 30.3 Å². The number of nitrogens with one attached hydrogen (secondary N) is 1. The Morgan fingerprint density at radius 3 is 2.58 bits per heavy atom. The summed E-state index contributed by atoms with van der Waals surface area (Å²) in [6, 6.07) is 9.33. The molecule has 0 heterocycles. The molecule has 1 amide bonds. The first-order valence-corrected chi connectivity index (χ1v) is 9.68. The summed E-state index contributed by atoms with van der Waals surface area (Å²) in [5.74, 6) is 0.769. The van der Waals surface area contributed by atoms with Crippen LogP contribution in [-0.4, -0.2) is 42.8 Å². The van der Waals surface area contributed by atoms with Crippen molar-refractivity contribution in [1.82, 2.24) is 10.2 Å². The number of carbonyl (C=O) groups excluding carboxylic acids is 1. The molecule has 2 aliphatic rings. The van der Waals surface area contributed by atoms with Gasteiger partial charge in [0.15, 0.2) is 0 Å². The Labute approximate surface area is 157 Å². The molecule has 2 atom stereocenters. The Morgan fingerprint density at radius 1 is 1.23 bits per heavy atom. The van der Waals surface area contributed by atoms with Gasteiger partial charge < -0.3 is 15.0 Å². The fourth-order valence-electron chi connectivity index (χ4n) is 3.68. The summed E-state index contributed by atoms with van der Waals surface area (Å²) in [5.41, 5.74) is 3.71. The van der Waals surface area contributed by atoms with Crippen molar-refractivity contribution in [3.05, 3.63) is 41.5 Å². The zero-order valence-corrected chi connectivity index (χ0v) is 16.7. The van der Waals surface area contributed by atoms with Crippen LogP contribution in [0.5, 0.6) is 0 Å². The Hall–Kier alpha value is -1.81. The van der Waals surface area contributed by atoms with Gasteiger partial charge in [0.25, 0.3) is 0 Å². The van der Waals surface area contributed by atoms with E-state index in [0.29, 0.717) is 0 Å². The number of nitrogens with zero attached hydrogens (tertiary/aromatic N) is 1. The lowest BCUT2D eigenvalue weighted by Crippen LogP contribution is -2.51. The SMILES string of the molecule is CN(C)[C@H]1CC(c2cccc(C3CC3)c2)=CC[C@@H]1NC(=O)OC(C)(C)C. The molecule has 0 aliphatic heterocycles. The number of ether oxygens (including phenoxy) is 1. The van der Waals surface area contributed by atoms with E-state index in [1.165, 1.54) is 29.5 Å². The van der Waals surface area contributed by atoms with Crippen molar-refractivity contribution in [2.45, 2.75) is 70.1 Å². The van der Waals surface area contributed by atoms with Gasteiger partial charge in [-0.25, -0.2) is 4.79 Å². The first kappa shape index (κ1) is 19.0. The smallest absolute Gasteiger partial charge is 0.407 e. The number of hydrogen-bond donors (Lipinski definition) is 1. The molecule has 1 N–H and O–H groups in total. The second-order valence-electron chi connectivity index (χ2n) is 8.85. The average Bonchev–Trinajstić information content (AvgIpc) is 3.38. The lowest BCUT2D eigenvalue weighted by molar-refractivity contribution is 0.0474. The summed E-state index contributed by atoms with van der Waals surface area (Å²) >= 11 is 0. The number of alkyl carbamates (subject to hydrolysis) is 1. The number of rotatable bonds is 4. The van der Waals surface area contributed by atoms with E-state index in [9.17, 15) is 4.79 Å². The zero-order chi connectivity index (χ0) is 18.9.